The highest BCUT2D eigenvalue weighted by atomic mass is 16.2. The SMILES string of the molecule is CNC(CN1CC(=O)N2CCCC2C1=O)C1CCCC1. The summed E-state index contributed by atoms with van der Waals surface area (Å²) in [7, 11) is 1.97. The minimum atomic E-state index is -0.169. The van der Waals surface area contributed by atoms with Crippen LogP contribution >= 0.6 is 0 Å². The highest BCUT2D eigenvalue weighted by Crippen LogP contribution is 2.29. The second-order valence-electron chi connectivity index (χ2n) is 6.40. The number of nitrogens with one attached hydrogen (secondary N) is 1. The van der Waals surface area contributed by atoms with Crippen LogP contribution in [0.25, 0.3) is 0 Å². The van der Waals surface area contributed by atoms with Crippen LogP contribution in [0.5, 0.6) is 0 Å². The Balaban J connectivity index is 1.66. The van der Waals surface area contributed by atoms with Gasteiger partial charge in [-0.2, -0.15) is 0 Å². The lowest BCUT2D eigenvalue weighted by Crippen LogP contribution is -2.60. The van der Waals surface area contributed by atoms with Crippen LogP contribution in [0.3, 0.4) is 0 Å². The predicted molar refractivity (Wildman–Crippen MR) is 76.1 cm³/mol. The maximum absolute atomic E-state index is 12.5. The second kappa shape index (κ2) is 5.72. The Kier molecular flexibility index (Phi) is 3.96. The van der Waals surface area contributed by atoms with Crippen molar-refractivity contribution < 1.29 is 9.59 Å². The number of nitrogens with zero attached hydrogens (tertiary/aromatic N) is 2. The van der Waals surface area contributed by atoms with Crippen molar-refractivity contribution in [2.24, 2.45) is 5.92 Å². The van der Waals surface area contributed by atoms with E-state index in [-0.39, 0.29) is 24.4 Å². The molecule has 1 saturated carbocycles. The van der Waals surface area contributed by atoms with Crippen LogP contribution in [-0.2, 0) is 9.59 Å². The quantitative estimate of drug-likeness (QED) is 0.820. The third-order valence-corrected chi connectivity index (χ3v) is 5.25. The van der Waals surface area contributed by atoms with Crippen LogP contribution in [0.4, 0.5) is 0 Å². The molecule has 0 aromatic heterocycles. The van der Waals surface area contributed by atoms with Crippen LogP contribution in [0.1, 0.15) is 38.5 Å². The van der Waals surface area contributed by atoms with Gasteiger partial charge in [0, 0.05) is 19.1 Å². The Morgan fingerprint density at radius 2 is 1.95 bits per heavy atom. The molecule has 0 bridgehead atoms. The summed E-state index contributed by atoms with van der Waals surface area (Å²) in [6.45, 7) is 1.73. The fraction of sp³-hybridized carbons (Fsp3) is 0.867. The summed E-state index contributed by atoms with van der Waals surface area (Å²) in [4.78, 5) is 28.2. The average Bonchev–Trinajstić information content (AvgIpc) is 3.11. The topological polar surface area (TPSA) is 52.7 Å². The van der Waals surface area contributed by atoms with E-state index < -0.39 is 0 Å². The Morgan fingerprint density at radius 1 is 1.20 bits per heavy atom. The van der Waals surface area contributed by atoms with E-state index in [1.807, 2.05) is 7.05 Å². The van der Waals surface area contributed by atoms with Gasteiger partial charge in [-0.1, -0.05) is 12.8 Å². The molecule has 2 atom stereocenters. The third kappa shape index (κ3) is 2.43. The molecule has 2 aliphatic heterocycles. The van der Waals surface area contributed by atoms with Crippen LogP contribution in [0, 0.1) is 5.92 Å². The predicted octanol–water partition coefficient (Wildman–Crippen LogP) is 0.598. The summed E-state index contributed by atoms with van der Waals surface area (Å²) in [5.74, 6) is 0.957. The Labute approximate surface area is 120 Å². The largest absolute Gasteiger partial charge is 0.330 e. The third-order valence-electron chi connectivity index (χ3n) is 5.25. The van der Waals surface area contributed by atoms with Crippen molar-refractivity contribution in [1.29, 1.82) is 0 Å². The first-order valence-electron chi connectivity index (χ1n) is 7.96. The maximum atomic E-state index is 12.5. The van der Waals surface area contributed by atoms with Gasteiger partial charge in [-0.25, -0.2) is 0 Å². The maximum Gasteiger partial charge on any atom is 0.245 e. The first-order valence-corrected chi connectivity index (χ1v) is 7.96. The van der Waals surface area contributed by atoms with E-state index in [1.165, 1.54) is 25.7 Å². The Morgan fingerprint density at radius 3 is 2.65 bits per heavy atom. The van der Waals surface area contributed by atoms with E-state index in [0.29, 0.717) is 18.5 Å². The van der Waals surface area contributed by atoms with Crippen molar-refractivity contribution in [2.75, 3.05) is 26.7 Å². The molecule has 1 N–H and O–H groups in total. The second-order valence-corrected chi connectivity index (χ2v) is 6.40. The summed E-state index contributed by atoms with van der Waals surface area (Å²) in [5.41, 5.74) is 0. The summed E-state index contributed by atoms with van der Waals surface area (Å²) in [6.07, 6.45) is 6.90. The van der Waals surface area contributed by atoms with Crippen molar-refractivity contribution >= 4 is 11.8 Å². The number of hydrogen-bond acceptors (Lipinski definition) is 3. The molecule has 0 radical (unpaired) electrons. The molecule has 2 heterocycles. The molecule has 5 nitrogen and oxygen atoms in total. The molecule has 112 valence electrons. The molecule has 2 unspecified atom stereocenters. The smallest absolute Gasteiger partial charge is 0.245 e. The number of piperazine rings is 1. The molecular formula is C15H25N3O2. The van der Waals surface area contributed by atoms with Gasteiger partial charge in [-0.05, 0) is 38.6 Å². The van der Waals surface area contributed by atoms with Crippen LogP contribution < -0.4 is 5.32 Å². The highest BCUT2D eigenvalue weighted by Gasteiger charge is 2.42. The molecular weight excluding hydrogens is 254 g/mol. The lowest BCUT2D eigenvalue weighted by molar-refractivity contribution is -0.154. The molecule has 5 heteroatoms. The molecule has 1 aliphatic carbocycles. The molecule has 0 aromatic rings. The number of rotatable bonds is 4. The molecule has 3 fully saturated rings. The zero-order chi connectivity index (χ0) is 14.1. The van der Waals surface area contributed by atoms with Crippen molar-refractivity contribution in [1.82, 2.24) is 15.1 Å². The van der Waals surface area contributed by atoms with Gasteiger partial charge in [-0.3, -0.25) is 9.59 Å². The van der Waals surface area contributed by atoms with E-state index in [9.17, 15) is 9.59 Å². The number of likely N-dealkylation sites (N-methyl/N-ethyl adjacent to an activating group) is 1. The monoisotopic (exact) mass is 279 g/mol. The number of carbonyl (C=O) groups is 2. The minimum absolute atomic E-state index is 0.133. The number of fused-ring (bicyclic) bond motifs is 1. The molecule has 0 aromatic carbocycles. The average molecular weight is 279 g/mol. The van der Waals surface area contributed by atoms with E-state index in [4.69, 9.17) is 0 Å². The first-order chi connectivity index (χ1) is 9.70. The fourth-order valence-electron chi connectivity index (χ4n) is 4.09. The summed E-state index contributed by atoms with van der Waals surface area (Å²) in [5, 5.41) is 3.37. The highest BCUT2D eigenvalue weighted by molar-refractivity contribution is 5.95. The van der Waals surface area contributed by atoms with Gasteiger partial charge in [-0.15, -0.1) is 0 Å². The minimum Gasteiger partial charge on any atom is -0.330 e. The van der Waals surface area contributed by atoms with Gasteiger partial charge in [0.25, 0.3) is 0 Å². The zero-order valence-corrected chi connectivity index (χ0v) is 12.3. The zero-order valence-electron chi connectivity index (χ0n) is 12.3. The van der Waals surface area contributed by atoms with E-state index >= 15 is 0 Å². The van der Waals surface area contributed by atoms with E-state index in [2.05, 4.69) is 5.32 Å². The van der Waals surface area contributed by atoms with Gasteiger partial charge in [0.05, 0.1) is 6.54 Å². The van der Waals surface area contributed by atoms with Crippen LogP contribution in [0.15, 0.2) is 0 Å². The van der Waals surface area contributed by atoms with Gasteiger partial charge in [0.1, 0.15) is 6.04 Å². The number of hydrogen-bond donors (Lipinski definition) is 1. The molecule has 3 aliphatic rings. The normalized spacial score (nSPS) is 29.1. The van der Waals surface area contributed by atoms with E-state index in [0.717, 1.165) is 19.4 Å². The van der Waals surface area contributed by atoms with Crippen molar-refractivity contribution in [2.45, 2.75) is 50.6 Å². The van der Waals surface area contributed by atoms with E-state index in [1.54, 1.807) is 9.80 Å². The summed E-state index contributed by atoms with van der Waals surface area (Å²) < 4.78 is 0. The molecule has 2 saturated heterocycles. The van der Waals surface area contributed by atoms with Gasteiger partial charge < -0.3 is 15.1 Å². The van der Waals surface area contributed by atoms with Gasteiger partial charge >= 0.3 is 0 Å². The lowest BCUT2D eigenvalue weighted by Gasteiger charge is -2.39. The van der Waals surface area contributed by atoms with Crippen LogP contribution in [-0.4, -0.2) is 60.4 Å². The number of amides is 2. The number of carbonyl (C=O) groups excluding carboxylic acids is 2. The summed E-state index contributed by atoms with van der Waals surface area (Å²) in [6, 6.07) is 0.166. The summed E-state index contributed by atoms with van der Waals surface area (Å²) >= 11 is 0. The van der Waals surface area contributed by atoms with Crippen LogP contribution in [0.2, 0.25) is 0 Å². The van der Waals surface area contributed by atoms with Crippen molar-refractivity contribution in [3.8, 4) is 0 Å². The lowest BCUT2D eigenvalue weighted by atomic mass is 9.97. The standard InChI is InChI=1S/C15H25N3O2/c1-16-12(11-5-2-3-6-11)9-17-10-14(19)18-8-4-7-13(18)15(17)20/h11-13,16H,2-10H2,1H3. The molecule has 2 amide bonds. The van der Waals surface area contributed by atoms with Crippen molar-refractivity contribution in [3.63, 3.8) is 0 Å². The molecule has 0 spiro atoms. The fourth-order valence-corrected chi connectivity index (χ4v) is 4.09. The molecule has 3 rings (SSSR count). The van der Waals surface area contributed by atoms with Gasteiger partial charge in [0.2, 0.25) is 11.8 Å². The Hall–Kier alpha value is -1.10. The first kappa shape index (κ1) is 13.9. The molecule has 20 heavy (non-hydrogen) atoms. The van der Waals surface area contributed by atoms with Crippen molar-refractivity contribution in [3.05, 3.63) is 0 Å². The Bertz CT molecular complexity index is 393. The van der Waals surface area contributed by atoms with Gasteiger partial charge in [0.15, 0.2) is 0 Å².